The zero-order valence-corrected chi connectivity index (χ0v) is 12.9. The van der Waals surface area contributed by atoms with Crippen molar-refractivity contribution in [2.75, 3.05) is 25.4 Å². The van der Waals surface area contributed by atoms with E-state index in [-0.39, 0.29) is 24.2 Å². The van der Waals surface area contributed by atoms with Gasteiger partial charge in [0, 0.05) is 44.8 Å². The van der Waals surface area contributed by atoms with Crippen molar-refractivity contribution in [1.82, 2.24) is 14.1 Å². The maximum Gasteiger partial charge on any atom is 0.214 e. The molecular weight excluding hydrogens is 278 g/mol. The lowest BCUT2D eigenvalue weighted by atomic mass is 9.92. The van der Waals surface area contributed by atoms with E-state index in [1.807, 2.05) is 20.2 Å². The summed E-state index contributed by atoms with van der Waals surface area (Å²) in [7, 11) is -1.37. The molecular formula is C13H23N3O3S. The van der Waals surface area contributed by atoms with Crippen molar-refractivity contribution in [3.63, 3.8) is 0 Å². The Balaban J connectivity index is 2.13. The van der Waals surface area contributed by atoms with Crippen molar-refractivity contribution in [2.24, 2.45) is 13.0 Å². The number of aliphatic hydroxyl groups excluding tert-OH is 1. The van der Waals surface area contributed by atoms with Gasteiger partial charge < -0.3 is 5.11 Å². The van der Waals surface area contributed by atoms with Crippen molar-refractivity contribution < 1.29 is 13.5 Å². The quantitative estimate of drug-likeness (QED) is 0.833. The summed E-state index contributed by atoms with van der Waals surface area (Å²) >= 11 is 0. The van der Waals surface area contributed by atoms with Gasteiger partial charge in [-0.15, -0.1) is 0 Å². The smallest absolute Gasteiger partial charge is 0.214 e. The van der Waals surface area contributed by atoms with E-state index in [2.05, 4.69) is 5.10 Å². The van der Waals surface area contributed by atoms with Gasteiger partial charge in [0.2, 0.25) is 10.0 Å². The van der Waals surface area contributed by atoms with E-state index in [1.165, 1.54) is 4.31 Å². The SMILES string of the molecule is CCCCS(=O)(=O)N1C[C@@H](CO)[C@H](c2cnn(C)c2)C1. The number of rotatable bonds is 6. The number of aromatic nitrogens is 2. The Labute approximate surface area is 120 Å². The predicted molar refractivity (Wildman–Crippen MR) is 76.8 cm³/mol. The number of hydrogen-bond donors (Lipinski definition) is 1. The zero-order chi connectivity index (χ0) is 14.8. The first-order chi connectivity index (χ1) is 9.47. The summed E-state index contributed by atoms with van der Waals surface area (Å²) in [6.45, 7) is 2.83. The van der Waals surface area contributed by atoms with Gasteiger partial charge in [-0.2, -0.15) is 5.10 Å². The van der Waals surface area contributed by atoms with E-state index < -0.39 is 10.0 Å². The first-order valence-electron chi connectivity index (χ1n) is 7.05. The molecule has 1 saturated heterocycles. The van der Waals surface area contributed by atoms with Crippen molar-refractivity contribution in [1.29, 1.82) is 0 Å². The van der Waals surface area contributed by atoms with E-state index in [4.69, 9.17) is 0 Å². The average molecular weight is 301 g/mol. The highest BCUT2D eigenvalue weighted by molar-refractivity contribution is 7.89. The lowest BCUT2D eigenvalue weighted by Crippen LogP contribution is -2.31. The van der Waals surface area contributed by atoms with Gasteiger partial charge in [0.1, 0.15) is 0 Å². The molecule has 0 radical (unpaired) electrons. The molecule has 1 aliphatic rings. The van der Waals surface area contributed by atoms with Gasteiger partial charge in [0.25, 0.3) is 0 Å². The molecule has 1 fully saturated rings. The fourth-order valence-electron chi connectivity index (χ4n) is 2.71. The van der Waals surface area contributed by atoms with Crippen LogP contribution in [0.2, 0.25) is 0 Å². The highest BCUT2D eigenvalue weighted by Crippen LogP contribution is 2.33. The third-order valence-corrected chi connectivity index (χ3v) is 5.83. The van der Waals surface area contributed by atoms with Crippen LogP contribution in [0.25, 0.3) is 0 Å². The minimum absolute atomic E-state index is 0.000636. The van der Waals surface area contributed by atoms with Crippen LogP contribution in [0.1, 0.15) is 31.2 Å². The van der Waals surface area contributed by atoms with E-state index in [9.17, 15) is 13.5 Å². The Kier molecular flexibility index (Phi) is 4.82. The molecule has 2 atom stereocenters. The maximum atomic E-state index is 12.3. The Morgan fingerprint density at radius 1 is 1.45 bits per heavy atom. The molecule has 0 bridgehead atoms. The largest absolute Gasteiger partial charge is 0.396 e. The first kappa shape index (κ1) is 15.5. The van der Waals surface area contributed by atoms with E-state index >= 15 is 0 Å². The predicted octanol–water partition coefficient (Wildman–Crippen LogP) is 0.558. The Morgan fingerprint density at radius 2 is 2.20 bits per heavy atom. The summed E-state index contributed by atoms with van der Waals surface area (Å²) in [4.78, 5) is 0. The normalized spacial score (nSPS) is 24.4. The Hall–Kier alpha value is -0.920. The summed E-state index contributed by atoms with van der Waals surface area (Å²) in [5.41, 5.74) is 1.000. The van der Waals surface area contributed by atoms with Crippen LogP contribution in [0.15, 0.2) is 12.4 Å². The van der Waals surface area contributed by atoms with Crippen molar-refractivity contribution in [2.45, 2.75) is 25.7 Å². The second-order valence-corrected chi connectivity index (χ2v) is 7.57. The van der Waals surface area contributed by atoms with Crippen LogP contribution in [0.5, 0.6) is 0 Å². The molecule has 0 unspecified atom stereocenters. The highest BCUT2D eigenvalue weighted by atomic mass is 32.2. The number of aliphatic hydroxyl groups is 1. The highest BCUT2D eigenvalue weighted by Gasteiger charge is 2.39. The lowest BCUT2D eigenvalue weighted by Gasteiger charge is -2.15. The molecule has 2 heterocycles. The molecule has 20 heavy (non-hydrogen) atoms. The van der Waals surface area contributed by atoms with Crippen molar-refractivity contribution in [3.8, 4) is 0 Å². The first-order valence-corrected chi connectivity index (χ1v) is 8.66. The number of aryl methyl sites for hydroxylation is 1. The van der Waals surface area contributed by atoms with Crippen LogP contribution < -0.4 is 0 Å². The molecule has 2 rings (SSSR count). The van der Waals surface area contributed by atoms with Crippen LogP contribution in [0, 0.1) is 5.92 Å². The third kappa shape index (κ3) is 3.21. The Bertz CT molecular complexity index is 541. The van der Waals surface area contributed by atoms with E-state index in [1.54, 1.807) is 10.9 Å². The van der Waals surface area contributed by atoms with E-state index in [0.29, 0.717) is 19.5 Å². The lowest BCUT2D eigenvalue weighted by molar-refractivity contribution is 0.223. The van der Waals surface area contributed by atoms with Gasteiger partial charge in [-0.25, -0.2) is 12.7 Å². The number of unbranched alkanes of at least 4 members (excludes halogenated alkanes) is 1. The van der Waals surface area contributed by atoms with Gasteiger partial charge in [0.05, 0.1) is 11.9 Å². The molecule has 6 nitrogen and oxygen atoms in total. The molecule has 1 aromatic rings. The van der Waals surface area contributed by atoms with E-state index in [0.717, 1.165) is 12.0 Å². The summed E-state index contributed by atoms with van der Waals surface area (Å²) in [5.74, 6) is 0.183. The summed E-state index contributed by atoms with van der Waals surface area (Å²) in [5, 5.41) is 13.6. The van der Waals surface area contributed by atoms with Crippen molar-refractivity contribution >= 4 is 10.0 Å². The van der Waals surface area contributed by atoms with Gasteiger partial charge in [-0.05, 0) is 12.0 Å². The molecule has 114 valence electrons. The molecule has 1 N–H and O–H groups in total. The zero-order valence-electron chi connectivity index (χ0n) is 12.1. The van der Waals surface area contributed by atoms with Crippen LogP contribution >= 0.6 is 0 Å². The van der Waals surface area contributed by atoms with Crippen LogP contribution in [-0.2, 0) is 17.1 Å². The van der Waals surface area contributed by atoms with Crippen LogP contribution in [0.4, 0.5) is 0 Å². The molecule has 0 aromatic carbocycles. The molecule has 0 saturated carbocycles. The second-order valence-electron chi connectivity index (χ2n) is 5.48. The summed E-state index contributed by atoms with van der Waals surface area (Å²) in [6, 6.07) is 0. The van der Waals surface area contributed by atoms with Gasteiger partial charge in [-0.1, -0.05) is 13.3 Å². The van der Waals surface area contributed by atoms with Gasteiger partial charge >= 0.3 is 0 Å². The fourth-order valence-corrected chi connectivity index (χ4v) is 4.43. The topological polar surface area (TPSA) is 75.4 Å². The molecule has 0 aliphatic carbocycles. The minimum atomic E-state index is -3.20. The number of hydrogen-bond acceptors (Lipinski definition) is 4. The average Bonchev–Trinajstić information content (AvgIpc) is 3.02. The molecule has 1 aromatic heterocycles. The monoisotopic (exact) mass is 301 g/mol. The fraction of sp³-hybridized carbons (Fsp3) is 0.769. The molecule has 0 amide bonds. The molecule has 1 aliphatic heterocycles. The van der Waals surface area contributed by atoms with Crippen molar-refractivity contribution in [3.05, 3.63) is 18.0 Å². The summed E-state index contributed by atoms with van der Waals surface area (Å²) in [6.07, 6.45) is 5.20. The number of sulfonamides is 1. The maximum absolute atomic E-state index is 12.3. The molecule has 7 heteroatoms. The summed E-state index contributed by atoms with van der Waals surface area (Å²) < 4.78 is 27.8. The van der Waals surface area contributed by atoms with Gasteiger partial charge in [0.15, 0.2) is 0 Å². The van der Waals surface area contributed by atoms with Crippen LogP contribution in [0.3, 0.4) is 0 Å². The minimum Gasteiger partial charge on any atom is -0.396 e. The Morgan fingerprint density at radius 3 is 2.75 bits per heavy atom. The molecule has 0 spiro atoms. The second kappa shape index (κ2) is 6.24. The standard InChI is InChI=1S/C13H23N3O3S/c1-3-4-5-20(18,19)16-8-12(10-17)13(9-16)11-6-14-15(2)7-11/h6-7,12-13,17H,3-5,8-10H2,1-2H3/t12-,13-/m0/s1. The van der Waals surface area contributed by atoms with Crippen LogP contribution in [-0.4, -0.2) is 53.1 Å². The third-order valence-electron chi connectivity index (χ3n) is 3.94. The number of nitrogens with zero attached hydrogens (tertiary/aromatic N) is 3. The van der Waals surface area contributed by atoms with Gasteiger partial charge in [-0.3, -0.25) is 4.68 Å².